The Morgan fingerprint density at radius 3 is 2.52 bits per heavy atom. The molecule has 4 aromatic rings. The van der Waals surface area contributed by atoms with Gasteiger partial charge in [-0.2, -0.15) is 0 Å². The van der Waals surface area contributed by atoms with Gasteiger partial charge in [0.05, 0.1) is 11.0 Å². The second-order valence-corrected chi connectivity index (χ2v) is 7.95. The number of benzene rings is 3. The Morgan fingerprint density at radius 1 is 0.935 bits per heavy atom. The van der Waals surface area contributed by atoms with Gasteiger partial charge in [0.15, 0.2) is 0 Å². The first-order valence-corrected chi connectivity index (χ1v) is 10.7. The van der Waals surface area contributed by atoms with E-state index in [1.165, 1.54) is 0 Å². The molecule has 0 aliphatic heterocycles. The molecule has 0 aliphatic rings. The number of rotatable bonds is 7. The average Bonchev–Trinajstić information content (AvgIpc) is 3.11. The molecule has 0 radical (unpaired) electrons. The molecular weight excluding hydrogens is 456 g/mol. The maximum atomic E-state index is 12.7. The zero-order valence-electron chi connectivity index (χ0n) is 16.7. The van der Waals surface area contributed by atoms with Crippen molar-refractivity contribution in [3.05, 3.63) is 94.7 Å². The minimum Gasteiger partial charge on any atom is -0.352 e. The Labute approximate surface area is 188 Å². The predicted molar refractivity (Wildman–Crippen MR) is 125 cm³/mol. The monoisotopic (exact) mass is 476 g/mol. The van der Waals surface area contributed by atoms with Crippen LogP contribution in [0.5, 0.6) is 0 Å². The topological polar surface area (TPSA) is 76.0 Å². The molecule has 3 aromatic carbocycles. The number of fused-ring (bicyclic) bond motifs is 1. The number of hydrogen-bond donors (Lipinski definition) is 2. The lowest BCUT2D eigenvalue weighted by Crippen LogP contribution is -2.27. The first kappa shape index (κ1) is 20.8. The van der Waals surface area contributed by atoms with E-state index in [0.29, 0.717) is 18.5 Å². The van der Waals surface area contributed by atoms with Gasteiger partial charge in [-0.05, 0) is 42.5 Å². The largest absolute Gasteiger partial charge is 0.352 e. The fraction of sp³-hybridized carbons (Fsp3) is 0.125. The maximum absolute atomic E-state index is 12.7. The Balaban J connectivity index is 1.47. The van der Waals surface area contributed by atoms with Crippen molar-refractivity contribution < 1.29 is 9.59 Å². The van der Waals surface area contributed by atoms with Gasteiger partial charge in [0, 0.05) is 28.7 Å². The number of carbonyl (C=O) groups excluding carboxylic acids is 2. The second-order valence-electron chi connectivity index (χ2n) is 7.03. The Kier molecular flexibility index (Phi) is 6.43. The molecule has 7 heteroatoms. The summed E-state index contributed by atoms with van der Waals surface area (Å²) < 4.78 is 2.80. The van der Waals surface area contributed by atoms with Crippen molar-refractivity contribution in [2.45, 2.75) is 13.0 Å². The number of amides is 2. The third-order valence-electron chi connectivity index (χ3n) is 4.81. The van der Waals surface area contributed by atoms with E-state index in [-0.39, 0.29) is 18.4 Å². The van der Waals surface area contributed by atoms with Crippen molar-refractivity contribution in [1.82, 2.24) is 14.9 Å². The molecule has 0 bridgehead atoms. The van der Waals surface area contributed by atoms with Crippen LogP contribution in [-0.2, 0) is 17.8 Å². The number of halogens is 1. The van der Waals surface area contributed by atoms with Crippen molar-refractivity contribution >= 4 is 44.5 Å². The molecule has 0 aliphatic carbocycles. The summed E-state index contributed by atoms with van der Waals surface area (Å²) in [5.74, 6) is 0.477. The third kappa shape index (κ3) is 5.19. The van der Waals surface area contributed by atoms with E-state index in [1.807, 2.05) is 71.3 Å². The van der Waals surface area contributed by atoms with E-state index < -0.39 is 0 Å². The lowest BCUT2D eigenvalue weighted by molar-refractivity contribution is -0.116. The van der Waals surface area contributed by atoms with Gasteiger partial charge in [-0.3, -0.25) is 9.59 Å². The van der Waals surface area contributed by atoms with Crippen LogP contribution in [0.2, 0.25) is 0 Å². The molecule has 0 saturated heterocycles. The molecule has 1 heterocycles. The highest BCUT2D eigenvalue weighted by molar-refractivity contribution is 9.10. The van der Waals surface area contributed by atoms with Crippen LogP contribution in [0.25, 0.3) is 11.0 Å². The van der Waals surface area contributed by atoms with Crippen LogP contribution in [0.4, 0.5) is 5.69 Å². The van der Waals surface area contributed by atoms with Gasteiger partial charge in [-0.25, -0.2) is 4.98 Å². The molecular formula is C24H21BrN4O2. The molecule has 0 saturated carbocycles. The maximum Gasteiger partial charge on any atom is 0.251 e. The molecule has 6 nitrogen and oxygen atoms in total. The summed E-state index contributed by atoms with van der Waals surface area (Å²) in [4.78, 5) is 29.7. The number of para-hydroxylation sites is 2. The lowest BCUT2D eigenvalue weighted by Gasteiger charge is -2.11. The summed E-state index contributed by atoms with van der Waals surface area (Å²) >= 11 is 3.41. The highest BCUT2D eigenvalue weighted by Gasteiger charge is 2.14. The fourth-order valence-electron chi connectivity index (χ4n) is 3.38. The van der Waals surface area contributed by atoms with Crippen molar-refractivity contribution in [2.24, 2.45) is 0 Å². The van der Waals surface area contributed by atoms with Gasteiger partial charge in [0.2, 0.25) is 5.91 Å². The van der Waals surface area contributed by atoms with Crippen LogP contribution in [0.1, 0.15) is 16.2 Å². The standard InChI is InChI=1S/C24H21BrN4O2/c25-18-9-6-10-19(15-18)27-23(30)16-29-21-12-5-4-11-20(21)28-22(29)13-14-26-24(31)17-7-2-1-3-8-17/h1-12,15H,13-14,16H2,(H,26,31)(H,27,30). The molecule has 0 spiro atoms. The fourth-order valence-corrected chi connectivity index (χ4v) is 3.78. The number of imidazole rings is 1. The average molecular weight is 477 g/mol. The SMILES string of the molecule is O=C(Cn1c(CCNC(=O)c2ccccc2)nc2ccccc21)Nc1cccc(Br)c1. The van der Waals surface area contributed by atoms with Crippen LogP contribution in [0.3, 0.4) is 0 Å². The van der Waals surface area contributed by atoms with Gasteiger partial charge in [-0.15, -0.1) is 0 Å². The highest BCUT2D eigenvalue weighted by Crippen LogP contribution is 2.18. The number of anilines is 1. The van der Waals surface area contributed by atoms with Crippen molar-refractivity contribution in [3.8, 4) is 0 Å². The number of nitrogens with one attached hydrogen (secondary N) is 2. The van der Waals surface area contributed by atoms with Crippen LogP contribution < -0.4 is 10.6 Å². The molecule has 156 valence electrons. The van der Waals surface area contributed by atoms with Gasteiger partial charge >= 0.3 is 0 Å². The Bertz CT molecular complexity index is 1220. The van der Waals surface area contributed by atoms with Crippen LogP contribution in [0, 0.1) is 0 Å². The molecule has 31 heavy (non-hydrogen) atoms. The lowest BCUT2D eigenvalue weighted by atomic mass is 10.2. The summed E-state index contributed by atoms with van der Waals surface area (Å²) in [5, 5.41) is 5.84. The molecule has 0 unspecified atom stereocenters. The first-order chi connectivity index (χ1) is 15.1. The van der Waals surface area contributed by atoms with E-state index in [1.54, 1.807) is 12.1 Å². The van der Waals surface area contributed by atoms with E-state index in [0.717, 1.165) is 27.0 Å². The van der Waals surface area contributed by atoms with Crippen molar-refractivity contribution in [2.75, 3.05) is 11.9 Å². The number of hydrogen-bond acceptors (Lipinski definition) is 3. The minimum atomic E-state index is -0.143. The number of carbonyl (C=O) groups is 2. The second kappa shape index (κ2) is 9.57. The molecule has 2 amide bonds. The molecule has 0 atom stereocenters. The smallest absolute Gasteiger partial charge is 0.251 e. The predicted octanol–water partition coefficient (Wildman–Crippen LogP) is 4.41. The van der Waals surface area contributed by atoms with Gasteiger partial charge in [0.25, 0.3) is 5.91 Å². The summed E-state index contributed by atoms with van der Waals surface area (Å²) in [7, 11) is 0. The van der Waals surface area contributed by atoms with Gasteiger partial charge < -0.3 is 15.2 Å². The molecule has 1 aromatic heterocycles. The first-order valence-electron chi connectivity index (χ1n) is 9.93. The van der Waals surface area contributed by atoms with Gasteiger partial charge in [0.1, 0.15) is 12.4 Å². The molecule has 0 fully saturated rings. The normalized spacial score (nSPS) is 10.7. The third-order valence-corrected chi connectivity index (χ3v) is 5.31. The summed E-state index contributed by atoms with van der Waals surface area (Å²) in [5.41, 5.74) is 3.04. The van der Waals surface area contributed by atoms with Crippen molar-refractivity contribution in [3.63, 3.8) is 0 Å². The van der Waals surface area contributed by atoms with E-state index >= 15 is 0 Å². The van der Waals surface area contributed by atoms with Crippen LogP contribution >= 0.6 is 15.9 Å². The number of aromatic nitrogens is 2. The summed E-state index contributed by atoms with van der Waals surface area (Å²) in [6.07, 6.45) is 0.511. The van der Waals surface area contributed by atoms with E-state index in [2.05, 4.69) is 31.5 Å². The van der Waals surface area contributed by atoms with E-state index in [9.17, 15) is 9.59 Å². The van der Waals surface area contributed by atoms with Crippen LogP contribution in [-0.4, -0.2) is 27.9 Å². The highest BCUT2D eigenvalue weighted by atomic mass is 79.9. The van der Waals surface area contributed by atoms with Crippen molar-refractivity contribution in [1.29, 1.82) is 0 Å². The summed E-state index contributed by atoms with van der Waals surface area (Å²) in [6.45, 7) is 0.555. The summed E-state index contributed by atoms with van der Waals surface area (Å²) in [6, 6.07) is 24.3. The van der Waals surface area contributed by atoms with Crippen LogP contribution in [0.15, 0.2) is 83.3 Å². The zero-order chi connectivity index (χ0) is 21.6. The number of nitrogens with zero attached hydrogens (tertiary/aromatic N) is 2. The quantitative estimate of drug-likeness (QED) is 0.414. The Morgan fingerprint density at radius 2 is 1.71 bits per heavy atom. The zero-order valence-corrected chi connectivity index (χ0v) is 18.3. The molecule has 4 rings (SSSR count). The van der Waals surface area contributed by atoms with Gasteiger partial charge in [-0.1, -0.05) is 52.3 Å². The molecule has 2 N–H and O–H groups in total. The van der Waals surface area contributed by atoms with E-state index in [4.69, 9.17) is 0 Å². The minimum absolute atomic E-state index is 0.129. The Hall–Kier alpha value is -3.45.